The summed E-state index contributed by atoms with van der Waals surface area (Å²) in [5.74, 6) is -0.397. The maximum Gasteiger partial charge on any atom is 0.317 e. The molecule has 1 aromatic rings. The molecule has 0 fully saturated rings. The van der Waals surface area contributed by atoms with E-state index in [0.717, 1.165) is 0 Å². The van der Waals surface area contributed by atoms with Gasteiger partial charge in [0.2, 0.25) is 5.88 Å². The standard InChI is InChI=1S/C5H5ClN2O2/c1-2-3(6)4(9)8-5(10)7-2/h1H3,(H2,7,8,9,10). The molecule has 0 unspecified atom stereocenters. The van der Waals surface area contributed by atoms with Crippen LogP contribution < -0.4 is 0 Å². The zero-order valence-electron chi connectivity index (χ0n) is 5.17. The van der Waals surface area contributed by atoms with Gasteiger partial charge in [-0.15, -0.1) is 0 Å². The first-order chi connectivity index (χ1) is 4.61. The third kappa shape index (κ3) is 1.11. The van der Waals surface area contributed by atoms with E-state index in [0.29, 0.717) is 5.69 Å². The molecule has 0 aliphatic rings. The van der Waals surface area contributed by atoms with Gasteiger partial charge in [0.1, 0.15) is 5.02 Å². The van der Waals surface area contributed by atoms with E-state index in [1.54, 1.807) is 6.92 Å². The Hall–Kier alpha value is -1.03. The number of aryl methyl sites for hydroxylation is 1. The molecule has 5 heteroatoms. The molecule has 1 rings (SSSR count). The maximum absolute atomic E-state index is 8.84. The lowest BCUT2D eigenvalue weighted by Gasteiger charge is -1.97. The van der Waals surface area contributed by atoms with Crippen molar-refractivity contribution in [3.05, 3.63) is 10.7 Å². The highest BCUT2D eigenvalue weighted by atomic mass is 35.5. The molecule has 0 saturated heterocycles. The summed E-state index contributed by atoms with van der Waals surface area (Å²) in [5.41, 5.74) is 0.353. The minimum atomic E-state index is -0.473. The van der Waals surface area contributed by atoms with Crippen molar-refractivity contribution in [1.29, 1.82) is 0 Å². The Morgan fingerprint density at radius 1 is 1.30 bits per heavy atom. The SMILES string of the molecule is Cc1nc(O)nc(O)c1Cl. The van der Waals surface area contributed by atoms with Crippen molar-refractivity contribution in [2.24, 2.45) is 0 Å². The molecular formula is C5H5ClN2O2. The largest absolute Gasteiger partial charge is 0.492 e. The van der Waals surface area contributed by atoms with E-state index in [9.17, 15) is 0 Å². The van der Waals surface area contributed by atoms with E-state index < -0.39 is 11.9 Å². The van der Waals surface area contributed by atoms with Crippen molar-refractivity contribution in [1.82, 2.24) is 9.97 Å². The molecule has 0 aromatic carbocycles. The van der Waals surface area contributed by atoms with Gasteiger partial charge >= 0.3 is 6.01 Å². The van der Waals surface area contributed by atoms with Gasteiger partial charge < -0.3 is 10.2 Å². The minimum absolute atomic E-state index is 0.0674. The summed E-state index contributed by atoms with van der Waals surface area (Å²) >= 11 is 5.46. The van der Waals surface area contributed by atoms with Crippen LogP contribution in [-0.2, 0) is 0 Å². The van der Waals surface area contributed by atoms with Crippen molar-refractivity contribution < 1.29 is 10.2 Å². The zero-order chi connectivity index (χ0) is 7.72. The van der Waals surface area contributed by atoms with Gasteiger partial charge in [-0.3, -0.25) is 0 Å². The van der Waals surface area contributed by atoms with Crippen LogP contribution in [0.5, 0.6) is 11.9 Å². The fraction of sp³-hybridized carbons (Fsp3) is 0.200. The van der Waals surface area contributed by atoms with Gasteiger partial charge in [-0.05, 0) is 6.92 Å². The van der Waals surface area contributed by atoms with Gasteiger partial charge in [-0.2, -0.15) is 9.97 Å². The average molecular weight is 161 g/mol. The Kier molecular flexibility index (Phi) is 1.63. The molecule has 10 heavy (non-hydrogen) atoms. The second-order valence-corrected chi connectivity index (χ2v) is 2.12. The highest BCUT2D eigenvalue weighted by Crippen LogP contribution is 2.24. The summed E-state index contributed by atoms with van der Waals surface area (Å²) in [6, 6.07) is -0.473. The molecule has 0 aliphatic carbocycles. The van der Waals surface area contributed by atoms with Gasteiger partial charge in [0.05, 0.1) is 5.69 Å². The van der Waals surface area contributed by atoms with Gasteiger partial charge in [0, 0.05) is 0 Å². The minimum Gasteiger partial charge on any atom is -0.492 e. The molecule has 1 aromatic heterocycles. The number of aromatic nitrogens is 2. The second-order valence-electron chi connectivity index (χ2n) is 1.75. The third-order valence-corrected chi connectivity index (χ3v) is 1.43. The van der Waals surface area contributed by atoms with Gasteiger partial charge in [0.25, 0.3) is 0 Å². The molecule has 0 radical (unpaired) electrons. The smallest absolute Gasteiger partial charge is 0.317 e. The molecule has 1 heterocycles. The van der Waals surface area contributed by atoms with E-state index in [1.165, 1.54) is 0 Å². The van der Waals surface area contributed by atoms with E-state index in [2.05, 4.69) is 9.97 Å². The second kappa shape index (κ2) is 2.30. The fourth-order valence-electron chi connectivity index (χ4n) is 0.530. The number of nitrogens with zero attached hydrogens (tertiary/aromatic N) is 2. The lowest BCUT2D eigenvalue weighted by molar-refractivity contribution is 0.396. The summed E-state index contributed by atoms with van der Waals surface area (Å²) in [6.07, 6.45) is 0. The monoisotopic (exact) mass is 160 g/mol. The van der Waals surface area contributed by atoms with Crippen molar-refractivity contribution in [2.45, 2.75) is 6.92 Å². The summed E-state index contributed by atoms with van der Waals surface area (Å²) < 4.78 is 0. The fourth-order valence-corrected chi connectivity index (χ4v) is 0.614. The molecule has 0 bridgehead atoms. The first kappa shape index (κ1) is 7.08. The van der Waals surface area contributed by atoms with Crippen LogP contribution in [0, 0.1) is 6.92 Å². The topological polar surface area (TPSA) is 66.2 Å². The molecule has 0 spiro atoms. The van der Waals surface area contributed by atoms with E-state index in [4.69, 9.17) is 21.8 Å². The van der Waals surface area contributed by atoms with E-state index in [-0.39, 0.29) is 5.02 Å². The summed E-state index contributed by atoms with van der Waals surface area (Å²) in [6.45, 7) is 1.56. The van der Waals surface area contributed by atoms with Crippen molar-refractivity contribution >= 4 is 11.6 Å². The molecule has 0 amide bonds. The zero-order valence-corrected chi connectivity index (χ0v) is 5.92. The lowest BCUT2D eigenvalue weighted by Crippen LogP contribution is -1.87. The highest BCUT2D eigenvalue weighted by molar-refractivity contribution is 6.32. The number of halogens is 1. The van der Waals surface area contributed by atoms with Crippen molar-refractivity contribution in [3.63, 3.8) is 0 Å². The van der Waals surface area contributed by atoms with Crippen LogP contribution in [0.3, 0.4) is 0 Å². The third-order valence-electron chi connectivity index (χ3n) is 0.988. The quantitative estimate of drug-likeness (QED) is 0.591. The molecule has 4 nitrogen and oxygen atoms in total. The Labute approximate surface area is 62.1 Å². The van der Waals surface area contributed by atoms with Gasteiger partial charge in [-0.25, -0.2) is 0 Å². The van der Waals surface area contributed by atoms with Crippen molar-refractivity contribution in [2.75, 3.05) is 0 Å². The number of rotatable bonds is 0. The maximum atomic E-state index is 8.84. The number of aromatic hydroxyl groups is 2. The van der Waals surface area contributed by atoms with E-state index in [1.807, 2.05) is 0 Å². The lowest BCUT2D eigenvalue weighted by atomic mass is 10.4. The average Bonchev–Trinajstić information content (AvgIpc) is 1.82. The normalized spacial score (nSPS) is 9.80. The Morgan fingerprint density at radius 3 is 2.40 bits per heavy atom. The van der Waals surface area contributed by atoms with Crippen molar-refractivity contribution in [3.8, 4) is 11.9 Å². The first-order valence-electron chi connectivity index (χ1n) is 2.53. The molecule has 0 aliphatic heterocycles. The molecule has 54 valence electrons. The summed E-state index contributed by atoms with van der Waals surface area (Å²) in [5, 5.41) is 17.6. The summed E-state index contributed by atoms with van der Waals surface area (Å²) in [7, 11) is 0. The highest BCUT2D eigenvalue weighted by Gasteiger charge is 2.06. The Balaban J connectivity index is 3.31. The molecular weight excluding hydrogens is 156 g/mol. The predicted octanol–water partition coefficient (Wildman–Crippen LogP) is 0.850. The number of hydrogen-bond acceptors (Lipinski definition) is 4. The first-order valence-corrected chi connectivity index (χ1v) is 2.91. The van der Waals surface area contributed by atoms with Crippen LogP contribution in [0.15, 0.2) is 0 Å². The molecule has 2 N–H and O–H groups in total. The van der Waals surface area contributed by atoms with Crippen LogP contribution >= 0.6 is 11.6 Å². The number of hydrogen-bond donors (Lipinski definition) is 2. The van der Waals surface area contributed by atoms with E-state index >= 15 is 0 Å². The Bertz CT molecular complexity index is 241. The molecule has 0 atom stereocenters. The van der Waals surface area contributed by atoms with Gasteiger partial charge in [0.15, 0.2) is 0 Å². The van der Waals surface area contributed by atoms with Crippen LogP contribution in [0.2, 0.25) is 5.02 Å². The van der Waals surface area contributed by atoms with Gasteiger partial charge in [-0.1, -0.05) is 11.6 Å². The predicted molar refractivity (Wildman–Crippen MR) is 35.1 cm³/mol. The summed E-state index contributed by atoms with van der Waals surface area (Å²) in [4.78, 5) is 6.69. The van der Waals surface area contributed by atoms with Crippen LogP contribution in [0.1, 0.15) is 5.69 Å². The Morgan fingerprint density at radius 2 is 1.90 bits per heavy atom. The van der Waals surface area contributed by atoms with Crippen LogP contribution in [0.4, 0.5) is 0 Å². The van der Waals surface area contributed by atoms with Crippen LogP contribution in [0.25, 0.3) is 0 Å². The molecule has 0 saturated carbocycles. The van der Waals surface area contributed by atoms with Crippen LogP contribution in [-0.4, -0.2) is 20.2 Å².